The van der Waals surface area contributed by atoms with Gasteiger partial charge >= 0.3 is 0 Å². The molecular formula is C11H17N3O. The van der Waals surface area contributed by atoms with Gasteiger partial charge in [-0.3, -0.25) is 4.79 Å². The van der Waals surface area contributed by atoms with Gasteiger partial charge in [0.15, 0.2) is 5.82 Å². The molecule has 0 atom stereocenters. The smallest absolute Gasteiger partial charge is 0.293 e. The molecule has 15 heavy (non-hydrogen) atoms. The number of hydrogen-bond acceptors (Lipinski definition) is 3. The van der Waals surface area contributed by atoms with Gasteiger partial charge in [0.25, 0.3) is 5.56 Å². The first-order valence-electron chi connectivity index (χ1n) is 5.20. The van der Waals surface area contributed by atoms with Gasteiger partial charge in [-0.05, 0) is 20.3 Å². The molecule has 0 aromatic carbocycles. The predicted octanol–water partition coefficient (Wildman–Crippen LogP) is 1.64. The first kappa shape index (κ1) is 11.5. The minimum absolute atomic E-state index is 0.0551. The second kappa shape index (κ2) is 6.01. The third-order valence-corrected chi connectivity index (χ3v) is 2.09. The highest BCUT2D eigenvalue weighted by molar-refractivity contribution is 5.30. The highest BCUT2D eigenvalue weighted by Crippen LogP contribution is 1.93. The summed E-state index contributed by atoms with van der Waals surface area (Å²) in [4.78, 5) is 15.7. The van der Waals surface area contributed by atoms with E-state index in [0.717, 1.165) is 13.0 Å². The monoisotopic (exact) mass is 207 g/mol. The van der Waals surface area contributed by atoms with Crippen LogP contribution in [-0.4, -0.2) is 16.1 Å². The van der Waals surface area contributed by atoms with E-state index in [9.17, 15) is 4.79 Å². The summed E-state index contributed by atoms with van der Waals surface area (Å²) in [6.07, 6.45) is 8.28. The molecule has 0 bridgehead atoms. The average Bonchev–Trinajstić information content (AvgIpc) is 2.26. The van der Waals surface area contributed by atoms with Crippen molar-refractivity contribution in [1.29, 1.82) is 0 Å². The van der Waals surface area contributed by atoms with Crippen molar-refractivity contribution in [2.24, 2.45) is 0 Å². The van der Waals surface area contributed by atoms with E-state index >= 15 is 0 Å². The molecule has 0 unspecified atom stereocenters. The number of hydrogen-bond donors (Lipinski definition) is 1. The number of rotatable bonds is 5. The lowest BCUT2D eigenvalue weighted by molar-refractivity contribution is 0.718. The summed E-state index contributed by atoms with van der Waals surface area (Å²) < 4.78 is 1.63. The second-order valence-electron chi connectivity index (χ2n) is 3.15. The summed E-state index contributed by atoms with van der Waals surface area (Å²) in [7, 11) is 0. The van der Waals surface area contributed by atoms with Gasteiger partial charge in [-0.25, -0.2) is 4.98 Å². The van der Waals surface area contributed by atoms with Crippen molar-refractivity contribution in [1.82, 2.24) is 9.55 Å². The second-order valence-corrected chi connectivity index (χ2v) is 3.15. The fraction of sp³-hybridized carbons (Fsp3) is 0.455. The molecule has 1 rings (SSSR count). The molecule has 0 aliphatic carbocycles. The van der Waals surface area contributed by atoms with E-state index in [1.807, 2.05) is 26.0 Å². The quantitative estimate of drug-likeness (QED) is 0.590. The van der Waals surface area contributed by atoms with Gasteiger partial charge in [-0.1, -0.05) is 12.2 Å². The van der Waals surface area contributed by atoms with Crippen LogP contribution in [0.2, 0.25) is 0 Å². The summed E-state index contributed by atoms with van der Waals surface area (Å²) in [6.45, 7) is 5.32. The van der Waals surface area contributed by atoms with Crippen LogP contribution in [0.4, 0.5) is 5.82 Å². The number of aromatic nitrogens is 2. The first-order chi connectivity index (χ1) is 7.29. The Kier molecular flexibility index (Phi) is 4.60. The molecule has 4 heteroatoms. The lowest BCUT2D eigenvalue weighted by Gasteiger charge is -2.05. The highest BCUT2D eigenvalue weighted by atomic mass is 16.1. The molecule has 1 aromatic rings. The maximum Gasteiger partial charge on any atom is 0.293 e. The van der Waals surface area contributed by atoms with Crippen LogP contribution in [0.3, 0.4) is 0 Å². The third kappa shape index (κ3) is 3.23. The molecule has 1 aromatic heterocycles. The Hall–Kier alpha value is -1.58. The first-order valence-corrected chi connectivity index (χ1v) is 5.20. The maximum atomic E-state index is 11.7. The molecule has 0 aliphatic rings. The summed E-state index contributed by atoms with van der Waals surface area (Å²) in [5, 5.41) is 3.03. The fourth-order valence-electron chi connectivity index (χ4n) is 1.26. The molecule has 0 radical (unpaired) electrons. The van der Waals surface area contributed by atoms with Gasteiger partial charge in [-0.15, -0.1) is 0 Å². The Morgan fingerprint density at radius 3 is 3.07 bits per heavy atom. The van der Waals surface area contributed by atoms with Gasteiger partial charge in [-0.2, -0.15) is 0 Å². The summed E-state index contributed by atoms with van der Waals surface area (Å²) in [5.41, 5.74) is -0.0551. The van der Waals surface area contributed by atoms with Crippen LogP contribution in [0.25, 0.3) is 0 Å². The number of allylic oxidation sites excluding steroid dienone is 1. The molecule has 0 amide bonds. The lowest BCUT2D eigenvalue weighted by atomic mass is 10.4. The van der Waals surface area contributed by atoms with Crippen LogP contribution in [0, 0.1) is 0 Å². The lowest BCUT2D eigenvalue weighted by Crippen LogP contribution is -2.23. The minimum atomic E-state index is -0.0551. The molecule has 0 fully saturated rings. The number of nitrogens with one attached hydrogen (secondary N) is 1. The van der Waals surface area contributed by atoms with Gasteiger partial charge in [0, 0.05) is 25.5 Å². The van der Waals surface area contributed by atoms with Crippen molar-refractivity contribution in [3.05, 3.63) is 34.9 Å². The van der Waals surface area contributed by atoms with Gasteiger partial charge < -0.3 is 9.88 Å². The van der Waals surface area contributed by atoms with Crippen molar-refractivity contribution in [3.63, 3.8) is 0 Å². The van der Waals surface area contributed by atoms with E-state index in [1.165, 1.54) is 0 Å². The number of aryl methyl sites for hydroxylation is 1. The van der Waals surface area contributed by atoms with E-state index in [1.54, 1.807) is 17.0 Å². The van der Waals surface area contributed by atoms with Gasteiger partial charge in [0.1, 0.15) is 0 Å². The summed E-state index contributed by atoms with van der Waals surface area (Å²) in [6, 6.07) is 0. The van der Waals surface area contributed by atoms with E-state index < -0.39 is 0 Å². The predicted molar refractivity (Wildman–Crippen MR) is 62.1 cm³/mol. The van der Waals surface area contributed by atoms with Crippen molar-refractivity contribution in [3.8, 4) is 0 Å². The molecule has 1 heterocycles. The van der Waals surface area contributed by atoms with Crippen LogP contribution in [-0.2, 0) is 6.54 Å². The van der Waals surface area contributed by atoms with Crippen molar-refractivity contribution in [2.75, 3.05) is 11.9 Å². The van der Waals surface area contributed by atoms with Crippen LogP contribution >= 0.6 is 0 Å². The number of anilines is 1. The highest BCUT2D eigenvalue weighted by Gasteiger charge is 2.01. The Labute approximate surface area is 89.7 Å². The number of nitrogens with zero attached hydrogens (tertiary/aromatic N) is 2. The van der Waals surface area contributed by atoms with Crippen molar-refractivity contribution in [2.45, 2.75) is 26.8 Å². The zero-order valence-electron chi connectivity index (χ0n) is 9.23. The van der Waals surface area contributed by atoms with Gasteiger partial charge in [0.2, 0.25) is 0 Å². The minimum Gasteiger partial charge on any atom is -0.365 e. The van der Waals surface area contributed by atoms with Crippen LogP contribution in [0.15, 0.2) is 29.3 Å². The van der Waals surface area contributed by atoms with Crippen LogP contribution in [0.5, 0.6) is 0 Å². The molecule has 0 saturated carbocycles. The van der Waals surface area contributed by atoms with E-state index in [2.05, 4.69) is 10.3 Å². The third-order valence-electron chi connectivity index (χ3n) is 2.09. The normalized spacial score (nSPS) is 10.8. The molecule has 0 saturated heterocycles. The molecule has 0 spiro atoms. The van der Waals surface area contributed by atoms with Crippen molar-refractivity contribution < 1.29 is 0 Å². The zero-order valence-corrected chi connectivity index (χ0v) is 9.23. The van der Waals surface area contributed by atoms with E-state index in [4.69, 9.17) is 0 Å². The van der Waals surface area contributed by atoms with E-state index in [0.29, 0.717) is 12.4 Å². The van der Waals surface area contributed by atoms with Crippen molar-refractivity contribution >= 4 is 5.82 Å². The van der Waals surface area contributed by atoms with Crippen LogP contribution < -0.4 is 10.9 Å². The largest absolute Gasteiger partial charge is 0.365 e. The molecule has 1 N–H and O–H groups in total. The SMILES string of the molecule is C/C=C/CCNc1nccn(CC)c1=O. The van der Waals surface area contributed by atoms with Crippen LogP contribution in [0.1, 0.15) is 20.3 Å². The molecule has 4 nitrogen and oxygen atoms in total. The average molecular weight is 207 g/mol. The Morgan fingerprint density at radius 2 is 2.40 bits per heavy atom. The molecular weight excluding hydrogens is 190 g/mol. The molecule has 82 valence electrons. The Bertz CT molecular complexity index is 382. The topological polar surface area (TPSA) is 46.9 Å². The fourth-order valence-corrected chi connectivity index (χ4v) is 1.26. The Morgan fingerprint density at radius 1 is 1.60 bits per heavy atom. The Balaban J connectivity index is 2.65. The standard InChI is InChI=1S/C11H17N3O/c1-3-5-6-7-12-10-11(15)14(4-2)9-8-13-10/h3,5,8-9H,4,6-7H2,1-2H3,(H,12,13)/b5-3+. The van der Waals surface area contributed by atoms with E-state index in [-0.39, 0.29) is 5.56 Å². The summed E-state index contributed by atoms with van der Waals surface area (Å²) >= 11 is 0. The zero-order chi connectivity index (χ0) is 11.1. The molecule has 0 aliphatic heterocycles. The summed E-state index contributed by atoms with van der Waals surface area (Å²) in [5.74, 6) is 0.434. The van der Waals surface area contributed by atoms with Gasteiger partial charge in [0.05, 0.1) is 0 Å². The maximum absolute atomic E-state index is 11.7.